The average Bonchev–Trinajstić information content (AvgIpc) is 2.60. The molecule has 0 radical (unpaired) electrons. The van der Waals surface area contributed by atoms with E-state index in [0.29, 0.717) is 24.9 Å². The van der Waals surface area contributed by atoms with Crippen LogP contribution in [0.5, 0.6) is 5.88 Å². The zero-order chi connectivity index (χ0) is 18.1. The molecule has 2 aromatic rings. The van der Waals surface area contributed by atoms with Crippen LogP contribution in [0.15, 0.2) is 47.6 Å². The molecule has 2 rings (SSSR count). The van der Waals surface area contributed by atoms with Crippen molar-refractivity contribution in [3.63, 3.8) is 0 Å². The maximum absolute atomic E-state index is 12.9. The first-order valence-electron chi connectivity index (χ1n) is 8.37. The largest absolute Gasteiger partial charge is 0.475 e. The molecule has 0 saturated heterocycles. The number of ether oxygens (including phenoxy) is 1. The average molecular weight is 472 g/mol. The summed E-state index contributed by atoms with van der Waals surface area (Å²) in [6, 6.07) is 10.4. The molecular formula is C19H26FIN4O. The first kappa shape index (κ1) is 22.1. The Bertz CT molecular complexity index is 675. The van der Waals surface area contributed by atoms with Crippen molar-refractivity contribution in [1.29, 1.82) is 0 Å². The highest BCUT2D eigenvalue weighted by molar-refractivity contribution is 14.0. The van der Waals surface area contributed by atoms with E-state index in [1.807, 2.05) is 26.0 Å². The monoisotopic (exact) mass is 472 g/mol. The fourth-order valence-electron chi connectivity index (χ4n) is 2.21. The second-order valence-electron chi connectivity index (χ2n) is 5.90. The molecule has 7 heteroatoms. The molecule has 0 atom stereocenters. The molecular weight excluding hydrogens is 446 g/mol. The Hall–Kier alpha value is -1.90. The molecule has 0 fully saturated rings. The van der Waals surface area contributed by atoms with Gasteiger partial charge in [0.25, 0.3) is 0 Å². The predicted molar refractivity (Wildman–Crippen MR) is 114 cm³/mol. The normalized spacial score (nSPS) is 11.0. The summed E-state index contributed by atoms with van der Waals surface area (Å²) in [5.74, 6) is 1.12. The number of nitrogens with one attached hydrogen (secondary N) is 2. The van der Waals surface area contributed by atoms with Gasteiger partial charge in [0, 0.05) is 32.4 Å². The number of nitrogens with zero attached hydrogens (tertiary/aromatic N) is 2. The van der Waals surface area contributed by atoms with Gasteiger partial charge in [0.2, 0.25) is 5.88 Å². The van der Waals surface area contributed by atoms with E-state index in [2.05, 4.69) is 20.6 Å². The van der Waals surface area contributed by atoms with Crippen molar-refractivity contribution in [3.8, 4) is 5.88 Å². The van der Waals surface area contributed by atoms with Gasteiger partial charge in [-0.15, -0.1) is 24.0 Å². The molecule has 1 aromatic heterocycles. The van der Waals surface area contributed by atoms with Gasteiger partial charge < -0.3 is 15.4 Å². The van der Waals surface area contributed by atoms with Crippen LogP contribution in [0.1, 0.15) is 25.0 Å². The third-order valence-corrected chi connectivity index (χ3v) is 3.46. The minimum atomic E-state index is -0.215. The summed E-state index contributed by atoms with van der Waals surface area (Å²) in [5.41, 5.74) is 2.12. The van der Waals surface area contributed by atoms with Gasteiger partial charge in [-0.1, -0.05) is 18.2 Å². The van der Waals surface area contributed by atoms with Crippen LogP contribution >= 0.6 is 24.0 Å². The molecule has 0 spiro atoms. The number of hydrogen-bond acceptors (Lipinski definition) is 3. The molecule has 0 saturated carbocycles. The van der Waals surface area contributed by atoms with Crippen LogP contribution in [-0.2, 0) is 13.0 Å². The molecule has 142 valence electrons. The van der Waals surface area contributed by atoms with Crippen LogP contribution in [0.4, 0.5) is 4.39 Å². The van der Waals surface area contributed by atoms with E-state index in [9.17, 15) is 4.39 Å². The van der Waals surface area contributed by atoms with Crippen LogP contribution < -0.4 is 15.4 Å². The number of halogens is 2. The van der Waals surface area contributed by atoms with E-state index in [-0.39, 0.29) is 35.9 Å². The van der Waals surface area contributed by atoms with E-state index < -0.39 is 0 Å². The lowest BCUT2D eigenvalue weighted by atomic mass is 10.1. The summed E-state index contributed by atoms with van der Waals surface area (Å²) in [6.07, 6.45) is 2.70. The summed E-state index contributed by atoms with van der Waals surface area (Å²) >= 11 is 0. The zero-order valence-electron chi connectivity index (χ0n) is 15.3. The van der Waals surface area contributed by atoms with E-state index >= 15 is 0 Å². The Morgan fingerprint density at radius 1 is 1.12 bits per heavy atom. The third kappa shape index (κ3) is 7.99. The highest BCUT2D eigenvalue weighted by Crippen LogP contribution is 2.09. The predicted octanol–water partition coefficient (Wildman–Crippen LogP) is 3.53. The smallest absolute Gasteiger partial charge is 0.213 e. The summed E-state index contributed by atoms with van der Waals surface area (Å²) < 4.78 is 18.4. The van der Waals surface area contributed by atoms with Crippen LogP contribution in [0.2, 0.25) is 0 Å². The van der Waals surface area contributed by atoms with E-state index in [4.69, 9.17) is 4.74 Å². The highest BCUT2D eigenvalue weighted by atomic mass is 127. The number of aromatic nitrogens is 1. The molecule has 1 heterocycles. The van der Waals surface area contributed by atoms with Gasteiger partial charge in [-0.05, 0) is 43.5 Å². The molecule has 0 aliphatic heterocycles. The molecule has 0 aliphatic rings. The van der Waals surface area contributed by atoms with Gasteiger partial charge in [0.05, 0.1) is 6.10 Å². The first-order chi connectivity index (χ1) is 12.1. The minimum absolute atomic E-state index is 0. The molecule has 0 bridgehead atoms. The summed E-state index contributed by atoms with van der Waals surface area (Å²) in [7, 11) is 1.73. The molecule has 2 N–H and O–H groups in total. The number of guanidine groups is 1. The van der Waals surface area contributed by atoms with Crippen molar-refractivity contribution >= 4 is 29.9 Å². The fraction of sp³-hybridized carbons (Fsp3) is 0.368. The molecule has 0 aliphatic carbocycles. The lowest BCUT2D eigenvalue weighted by Crippen LogP contribution is -2.37. The Labute approximate surface area is 171 Å². The highest BCUT2D eigenvalue weighted by Gasteiger charge is 2.02. The minimum Gasteiger partial charge on any atom is -0.475 e. The molecule has 0 amide bonds. The Morgan fingerprint density at radius 2 is 1.81 bits per heavy atom. The van der Waals surface area contributed by atoms with Crippen LogP contribution in [0.25, 0.3) is 0 Å². The second kappa shape index (κ2) is 11.7. The van der Waals surface area contributed by atoms with E-state index in [0.717, 1.165) is 17.5 Å². The summed E-state index contributed by atoms with van der Waals surface area (Å²) in [4.78, 5) is 8.47. The second-order valence-corrected chi connectivity index (χ2v) is 5.90. The van der Waals surface area contributed by atoms with Gasteiger partial charge in [0.1, 0.15) is 5.82 Å². The maximum Gasteiger partial charge on any atom is 0.213 e. The molecule has 26 heavy (non-hydrogen) atoms. The number of pyridine rings is 1. The Morgan fingerprint density at radius 3 is 2.38 bits per heavy atom. The molecule has 5 nitrogen and oxygen atoms in total. The van der Waals surface area contributed by atoms with Gasteiger partial charge in [-0.25, -0.2) is 9.37 Å². The SMILES string of the molecule is CN=C(NCCc1ccc(F)cc1)NCc1ccc(OC(C)C)nc1.I. The number of aliphatic imine (C=N–C) groups is 1. The first-order valence-corrected chi connectivity index (χ1v) is 8.37. The van der Waals surface area contributed by atoms with E-state index in [1.54, 1.807) is 25.4 Å². The lowest BCUT2D eigenvalue weighted by molar-refractivity contribution is 0.232. The Kier molecular flexibility index (Phi) is 9.93. The topological polar surface area (TPSA) is 58.5 Å². The van der Waals surface area contributed by atoms with Crippen molar-refractivity contribution in [3.05, 3.63) is 59.5 Å². The van der Waals surface area contributed by atoms with Crippen molar-refractivity contribution in [2.75, 3.05) is 13.6 Å². The lowest BCUT2D eigenvalue weighted by Gasteiger charge is -2.12. The number of rotatable bonds is 7. The van der Waals surface area contributed by atoms with Gasteiger partial charge >= 0.3 is 0 Å². The number of hydrogen-bond donors (Lipinski definition) is 2. The van der Waals surface area contributed by atoms with Crippen LogP contribution in [-0.4, -0.2) is 30.6 Å². The van der Waals surface area contributed by atoms with Gasteiger partial charge in [-0.2, -0.15) is 0 Å². The zero-order valence-corrected chi connectivity index (χ0v) is 17.7. The maximum atomic E-state index is 12.9. The third-order valence-electron chi connectivity index (χ3n) is 3.46. The number of benzene rings is 1. The Balaban J connectivity index is 0.00000338. The van der Waals surface area contributed by atoms with Gasteiger partial charge in [0.15, 0.2) is 5.96 Å². The van der Waals surface area contributed by atoms with Crippen molar-refractivity contribution in [2.24, 2.45) is 4.99 Å². The van der Waals surface area contributed by atoms with Gasteiger partial charge in [-0.3, -0.25) is 4.99 Å². The van der Waals surface area contributed by atoms with Crippen molar-refractivity contribution in [1.82, 2.24) is 15.6 Å². The fourth-order valence-corrected chi connectivity index (χ4v) is 2.21. The summed E-state index contributed by atoms with van der Waals surface area (Å²) in [5, 5.41) is 6.48. The standard InChI is InChI=1S/C19H25FN4O.HI/c1-14(2)25-18-9-6-16(12-23-18)13-24-19(21-3)22-11-10-15-4-7-17(20)8-5-15;/h4-9,12,14H,10-11,13H2,1-3H3,(H2,21,22,24);1H. The van der Waals surface area contributed by atoms with E-state index in [1.165, 1.54) is 12.1 Å². The van der Waals surface area contributed by atoms with Crippen molar-refractivity contribution in [2.45, 2.75) is 32.9 Å². The quantitative estimate of drug-likeness (QED) is 0.368. The van der Waals surface area contributed by atoms with Crippen LogP contribution in [0, 0.1) is 5.82 Å². The van der Waals surface area contributed by atoms with Crippen molar-refractivity contribution < 1.29 is 9.13 Å². The molecule has 1 aromatic carbocycles. The summed E-state index contributed by atoms with van der Waals surface area (Å²) in [6.45, 7) is 5.27. The van der Waals surface area contributed by atoms with Crippen LogP contribution in [0.3, 0.4) is 0 Å². The molecule has 0 unspecified atom stereocenters.